The monoisotopic (exact) mass is 241 g/mol. The van der Waals surface area contributed by atoms with Gasteiger partial charge in [0.05, 0.1) is 6.54 Å². The number of ether oxygens (including phenoxy) is 1. The van der Waals surface area contributed by atoms with Gasteiger partial charge in [0, 0.05) is 0 Å². The number of carbonyl (C=O) groups is 1. The maximum atomic E-state index is 11.8. The van der Waals surface area contributed by atoms with Crippen LogP contribution in [0.4, 0.5) is 4.79 Å². The fourth-order valence-corrected chi connectivity index (χ4v) is 1.71. The summed E-state index contributed by atoms with van der Waals surface area (Å²) in [6.07, 6.45) is 1.86. The van der Waals surface area contributed by atoms with Crippen molar-refractivity contribution in [3.05, 3.63) is 0 Å². The number of rotatable bonds is 0. The van der Waals surface area contributed by atoms with Crippen molar-refractivity contribution in [2.24, 2.45) is 0 Å². The zero-order chi connectivity index (χ0) is 13.3. The third-order valence-corrected chi connectivity index (χ3v) is 2.65. The molecule has 0 aromatic heterocycles. The molecule has 0 spiro atoms. The average molecular weight is 241 g/mol. The summed E-state index contributed by atoms with van der Waals surface area (Å²) in [4.78, 5) is 13.6. The Kier molecular flexibility index (Phi) is 3.84. The maximum Gasteiger partial charge on any atom is 0.411 e. The molecule has 1 heterocycles. The molecule has 0 aromatic carbocycles. The first-order valence-electron chi connectivity index (χ1n) is 6.17. The summed E-state index contributed by atoms with van der Waals surface area (Å²) in [5.74, 6) is 0. The van der Waals surface area contributed by atoms with Crippen LogP contribution in [0.1, 0.15) is 41.5 Å². The predicted molar refractivity (Wildman–Crippen MR) is 68.8 cm³/mol. The molecule has 0 saturated heterocycles. The fourth-order valence-electron chi connectivity index (χ4n) is 1.71. The van der Waals surface area contributed by atoms with Gasteiger partial charge in [-0.2, -0.15) is 0 Å². The molecule has 4 nitrogen and oxygen atoms in total. The molecule has 0 atom stereocenters. The summed E-state index contributed by atoms with van der Waals surface area (Å²) >= 11 is 0. The molecular formula is C13H25N2O2+. The van der Waals surface area contributed by atoms with E-state index in [1.807, 2.05) is 20.8 Å². The smallest absolute Gasteiger partial charge is 0.411 e. The minimum absolute atomic E-state index is 0.125. The molecule has 0 aliphatic carbocycles. The Morgan fingerprint density at radius 3 is 2.18 bits per heavy atom. The van der Waals surface area contributed by atoms with Crippen molar-refractivity contribution in [1.29, 1.82) is 0 Å². The van der Waals surface area contributed by atoms with Crippen LogP contribution < -0.4 is 0 Å². The Labute approximate surface area is 104 Å². The fraction of sp³-hybridized carbons (Fsp3) is 0.846. The average Bonchev–Trinajstić information content (AvgIpc) is 2.14. The van der Waals surface area contributed by atoms with Crippen molar-refractivity contribution in [3.63, 3.8) is 0 Å². The van der Waals surface area contributed by atoms with Gasteiger partial charge in [-0.05, 0) is 41.5 Å². The predicted octanol–water partition coefficient (Wildman–Crippen LogP) is 2.12. The largest absolute Gasteiger partial charge is 0.444 e. The summed E-state index contributed by atoms with van der Waals surface area (Å²) < 4.78 is 7.62. The van der Waals surface area contributed by atoms with Crippen molar-refractivity contribution in [1.82, 2.24) is 4.90 Å². The van der Waals surface area contributed by atoms with Crippen LogP contribution in [-0.4, -0.2) is 52.6 Å². The van der Waals surface area contributed by atoms with E-state index < -0.39 is 5.60 Å². The van der Waals surface area contributed by atoms with E-state index in [4.69, 9.17) is 4.74 Å². The molecular weight excluding hydrogens is 216 g/mol. The normalized spacial score (nSPS) is 17.8. The van der Waals surface area contributed by atoms with Crippen LogP contribution >= 0.6 is 0 Å². The highest BCUT2D eigenvalue weighted by molar-refractivity contribution is 5.72. The molecule has 0 aromatic rings. The van der Waals surface area contributed by atoms with Gasteiger partial charge in [0.1, 0.15) is 12.1 Å². The quantitative estimate of drug-likeness (QED) is 0.609. The van der Waals surface area contributed by atoms with Crippen molar-refractivity contribution in [3.8, 4) is 0 Å². The van der Waals surface area contributed by atoms with E-state index in [2.05, 4.69) is 31.6 Å². The Morgan fingerprint density at radius 1 is 1.24 bits per heavy atom. The van der Waals surface area contributed by atoms with Gasteiger partial charge in [0.15, 0.2) is 18.3 Å². The Balaban J connectivity index is 2.58. The molecule has 0 radical (unpaired) electrons. The van der Waals surface area contributed by atoms with E-state index in [-0.39, 0.29) is 11.6 Å². The summed E-state index contributed by atoms with van der Waals surface area (Å²) in [6, 6.07) is 0. The minimum atomic E-state index is -0.418. The first-order valence-corrected chi connectivity index (χ1v) is 6.17. The second kappa shape index (κ2) is 4.67. The van der Waals surface area contributed by atoms with Crippen LogP contribution in [-0.2, 0) is 4.74 Å². The molecule has 1 rings (SSSR count). The zero-order valence-corrected chi connectivity index (χ0v) is 11.9. The van der Waals surface area contributed by atoms with E-state index in [1.165, 1.54) is 0 Å². The lowest BCUT2D eigenvalue weighted by molar-refractivity contribution is -0.596. The lowest BCUT2D eigenvalue weighted by atomic mass is 10.1. The van der Waals surface area contributed by atoms with Crippen LogP contribution in [0.2, 0.25) is 0 Å². The SMILES string of the molecule is CC(C)(C)OC(=O)N1CC=[N+](C(C)(C)C)CC1. The van der Waals surface area contributed by atoms with Crippen molar-refractivity contribution in [2.45, 2.75) is 52.7 Å². The summed E-state index contributed by atoms with van der Waals surface area (Å²) in [6.45, 7) is 14.4. The number of amides is 1. The third kappa shape index (κ3) is 4.36. The topological polar surface area (TPSA) is 32.5 Å². The van der Waals surface area contributed by atoms with Crippen molar-refractivity contribution < 1.29 is 14.1 Å². The summed E-state index contributed by atoms with van der Waals surface area (Å²) in [5, 5.41) is 0. The highest BCUT2D eigenvalue weighted by atomic mass is 16.6. The molecule has 1 aliphatic rings. The maximum absolute atomic E-state index is 11.8. The Morgan fingerprint density at radius 2 is 1.82 bits per heavy atom. The van der Waals surface area contributed by atoms with Crippen molar-refractivity contribution in [2.75, 3.05) is 19.6 Å². The summed E-state index contributed by atoms with van der Waals surface area (Å²) in [7, 11) is 0. The molecule has 1 amide bonds. The molecule has 0 unspecified atom stereocenters. The van der Waals surface area contributed by atoms with Crippen LogP contribution in [0.15, 0.2) is 0 Å². The van der Waals surface area contributed by atoms with Gasteiger partial charge >= 0.3 is 6.09 Å². The van der Waals surface area contributed by atoms with Gasteiger partial charge in [0.2, 0.25) is 0 Å². The zero-order valence-electron chi connectivity index (χ0n) is 11.9. The first-order chi connectivity index (χ1) is 7.59. The lowest BCUT2D eigenvalue weighted by Gasteiger charge is -2.29. The molecule has 0 saturated carbocycles. The highest BCUT2D eigenvalue weighted by Gasteiger charge is 2.30. The minimum Gasteiger partial charge on any atom is -0.444 e. The standard InChI is InChI=1S/C13H25N2O2/c1-12(2,3)15-9-7-14(8-10-15)11(16)17-13(4,5)6/h9H,7-8,10H2,1-6H3/q+1. The van der Waals surface area contributed by atoms with Crippen molar-refractivity contribution >= 4 is 12.3 Å². The first kappa shape index (κ1) is 14.0. The Hall–Kier alpha value is -1.06. The number of nitrogens with zero attached hydrogens (tertiary/aromatic N) is 2. The second-order valence-electron chi connectivity index (χ2n) is 6.47. The van der Waals surface area contributed by atoms with Gasteiger partial charge in [-0.15, -0.1) is 0 Å². The van der Waals surface area contributed by atoms with Gasteiger partial charge in [-0.3, -0.25) is 4.90 Å². The highest BCUT2D eigenvalue weighted by Crippen LogP contribution is 2.12. The van der Waals surface area contributed by atoms with E-state index in [0.29, 0.717) is 6.54 Å². The van der Waals surface area contributed by atoms with E-state index in [1.54, 1.807) is 4.90 Å². The molecule has 98 valence electrons. The Bertz CT molecular complexity index is 321. The van der Waals surface area contributed by atoms with Crippen LogP contribution in [0.3, 0.4) is 0 Å². The molecule has 0 N–H and O–H groups in total. The molecule has 17 heavy (non-hydrogen) atoms. The summed E-state index contributed by atoms with van der Waals surface area (Å²) in [5.41, 5.74) is -0.293. The second-order valence-corrected chi connectivity index (χ2v) is 6.47. The number of hydrogen-bond acceptors (Lipinski definition) is 2. The van der Waals surface area contributed by atoms with Crippen LogP contribution in [0.25, 0.3) is 0 Å². The molecule has 0 fully saturated rings. The van der Waals surface area contributed by atoms with Crippen LogP contribution in [0.5, 0.6) is 0 Å². The number of carbonyl (C=O) groups excluding carboxylic acids is 1. The van der Waals surface area contributed by atoms with Gasteiger partial charge < -0.3 is 4.74 Å². The number of hydrogen-bond donors (Lipinski definition) is 0. The third-order valence-electron chi connectivity index (χ3n) is 2.65. The van der Waals surface area contributed by atoms with Crippen LogP contribution in [0, 0.1) is 0 Å². The van der Waals surface area contributed by atoms with E-state index in [9.17, 15) is 4.79 Å². The molecule has 1 aliphatic heterocycles. The molecule has 4 heteroatoms. The lowest BCUT2D eigenvalue weighted by Crippen LogP contribution is -2.49. The van der Waals surface area contributed by atoms with Gasteiger partial charge in [-0.1, -0.05) is 0 Å². The van der Waals surface area contributed by atoms with E-state index >= 15 is 0 Å². The van der Waals surface area contributed by atoms with Gasteiger partial charge in [-0.25, -0.2) is 9.37 Å². The molecule has 0 bridgehead atoms. The van der Waals surface area contributed by atoms with Gasteiger partial charge in [0.25, 0.3) is 0 Å². The van der Waals surface area contributed by atoms with E-state index in [0.717, 1.165) is 13.1 Å².